The van der Waals surface area contributed by atoms with Gasteiger partial charge in [0.2, 0.25) is 10.0 Å². The number of ether oxygens (including phenoxy) is 2. The molecule has 2 atom stereocenters. The maximum atomic E-state index is 12.9. The van der Waals surface area contributed by atoms with E-state index in [1.54, 1.807) is 0 Å². The molecule has 5 aliphatic rings. The number of rotatable bonds is 3. The number of para-hydroxylation sites is 1. The zero-order chi connectivity index (χ0) is 21.5. The number of nitrogens with one attached hydrogen (secondary N) is 1. The number of piperidine rings is 1. The fourth-order valence-corrected chi connectivity index (χ4v) is 7.14. The second-order valence-electron chi connectivity index (χ2n) is 10.1. The van der Waals surface area contributed by atoms with Crippen LogP contribution in [0.2, 0.25) is 0 Å². The second kappa shape index (κ2) is 8.65. The molecule has 1 saturated heterocycles. The Morgan fingerprint density at radius 3 is 2.61 bits per heavy atom. The molecule has 172 valence electrons. The summed E-state index contributed by atoms with van der Waals surface area (Å²) in [6, 6.07) is 8.44. The van der Waals surface area contributed by atoms with Crippen molar-refractivity contribution < 1.29 is 17.9 Å². The van der Waals surface area contributed by atoms with Crippen molar-refractivity contribution in [2.24, 2.45) is 0 Å². The lowest BCUT2D eigenvalue weighted by atomic mass is 9.82. The molecule has 6 rings (SSSR count). The third kappa shape index (κ3) is 4.52. The van der Waals surface area contributed by atoms with Gasteiger partial charge in [0.1, 0.15) is 12.4 Å². The summed E-state index contributed by atoms with van der Waals surface area (Å²) in [6.45, 7) is 4.81. The van der Waals surface area contributed by atoms with E-state index in [1.165, 1.54) is 5.56 Å². The third-order valence-corrected chi connectivity index (χ3v) is 10.3. The lowest BCUT2D eigenvalue weighted by molar-refractivity contribution is -0.0284. The van der Waals surface area contributed by atoms with Crippen molar-refractivity contribution >= 4 is 10.0 Å². The van der Waals surface area contributed by atoms with E-state index in [2.05, 4.69) is 33.9 Å². The Kier molecular flexibility index (Phi) is 6.05. The van der Waals surface area contributed by atoms with Crippen LogP contribution < -0.4 is 9.46 Å². The van der Waals surface area contributed by atoms with Crippen LogP contribution in [0.3, 0.4) is 0 Å². The Morgan fingerprint density at radius 2 is 1.84 bits per heavy atom. The van der Waals surface area contributed by atoms with Gasteiger partial charge in [-0.15, -0.1) is 0 Å². The maximum absolute atomic E-state index is 12.9. The first kappa shape index (κ1) is 21.7. The molecule has 3 aliphatic heterocycles. The molecule has 3 fully saturated rings. The predicted octanol–water partition coefficient (Wildman–Crippen LogP) is 3.43. The quantitative estimate of drug-likeness (QED) is 0.767. The number of hydrogen-bond acceptors (Lipinski definition) is 5. The first-order chi connectivity index (χ1) is 15.0. The average Bonchev–Trinajstić information content (AvgIpc) is 3.52. The van der Waals surface area contributed by atoms with Crippen molar-refractivity contribution in [3.63, 3.8) is 0 Å². The highest BCUT2D eigenvalue weighted by Crippen LogP contribution is 2.43. The normalized spacial score (nSPS) is 33.7. The largest absolute Gasteiger partial charge is 0.492 e. The van der Waals surface area contributed by atoms with Crippen molar-refractivity contribution in [2.45, 2.75) is 87.1 Å². The van der Waals surface area contributed by atoms with Crippen molar-refractivity contribution in [1.82, 2.24) is 9.62 Å². The monoisotopic (exact) mass is 448 g/mol. The summed E-state index contributed by atoms with van der Waals surface area (Å²) in [5.74, 6) is 1.55. The molecule has 6 nitrogen and oxygen atoms in total. The Bertz CT molecular complexity index is 877. The van der Waals surface area contributed by atoms with E-state index in [-0.39, 0.29) is 18.2 Å². The highest BCUT2D eigenvalue weighted by molar-refractivity contribution is 7.91. The molecular weight excluding hydrogens is 412 g/mol. The highest BCUT2D eigenvalue weighted by atomic mass is 32.2. The third-order valence-electron chi connectivity index (χ3n) is 7.98. The van der Waals surface area contributed by atoms with Crippen molar-refractivity contribution in [3.8, 4) is 5.75 Å². The second-order valence-corrected chi connectivity index (χ2v) is 12.3. The molecule has 1 N–H and O–H groups in total. The number of fused-ring (bicyclic) bond motifs is 5. The topological polar surface area (TPSA) is 67.9 Å². The highest BCUT2D eigenvalue weighted by Gasteiger charge is 2.51. The minimum Gasteiger partial charge on any atom is -0.492 e. The van der Waals surface area contributed by atoms with Crippen LogP contribution in [0, 0.1) is 0 Å². The summed E-state index contributed by atoms with van der Waals surface area (Å²) in [5.41, 5.74) is 1.33. The fourth-order valence-electron chi connectivity index (χ4n) is 5.55. The van der Waals surface area contributed by atoms with Crippen LogP contribution >= 0.6 is 0 Å². The fraction of sp³-hybridized carbons (Fsp3) is 0.750. The van der Waals surface area contributed by atoms with E-state index in [4.69, 9.17) is 9.47 Å². The minimum atomic E-state index is -3.31. The van der Waals surface area contributed by atoms with Crippen LogP contribution in [0.25, 0.3) is 0 Å². The van der Waals surface area contributed by atoms with Crippen molar-refractivity contribution in [2.75, 3.05) is 26.3 Å². The lowest BCUT2D eigenvalue weighted by Gasteiger charge is -2.42. The number of nitrogens with zero attached hydrogens (tertiary/aromatic N) is 1. The van der Waals surface area contributed by atoms with Crippen LogP contribution in [-0.2, 0) is 14.8 Å². The molecule has 0 spiro atoms. The number of sulfonamides is 1. The van der Waals surface area contributed by atoms with Crippen molar-refractivity contribution in [1.29, 1.82) is 0 Å². The summed E-state index contributed by atoms with van der Waals surface area (Å²) in [7, 11) is -3.31. The first-order valence-corrected chi connectivity index (χ1v) is 13.5. The zero-order valence-electron chi connectivity index (χ0n) is 18.6. The first-order valence-electron chi connectivity index (χ1n) is 12.0. The molecule has 1 aromatic rings. The van der Waals surface area contributed by atoms with Crippen LogP contribution in [-0.4, -0.2) is 62.6 Å². The maximum Gasteiger partial charge on any atom is 0.217 e. The van der Waals surface area contributed by atoms with E-state index in [9.17, 15) is 8.42 Å². The van der Waals surface area contributed by atoms with Gasteiger partial charge >= 0.3 is 0 Å². The molecule has 1 aromatic carbocycles. The van der Waals surface area contributed by atoms with Gasteiger partial charge in [0.25, 0.3) is 0 Å². The van der Waals surface area contributed by atoms with Gasteiger partial charge in [-0.05, 0) is 82.4 Å². The molecule has 7 heteroatoms. The summed E-state index contributed by atoms with van der Waals surface area (Å²) in [6.07, 6.45) is 8.00. The predicted molar refractivity (Wildman–Crippen MR) is 121 cm³/mol. The van der Waals surface area contributed by atoms with E-state index >= 15 is 0 Å². The van der Waals surface area contributed by atoms with E-state index in [1.807, 2.05) is 6.92 Å². The smallest absolute Gasteiger partial charge is 0.217 e. The molecular formula is C24H36N2O4S. The molecule has 2 saturated carbocycles. The molecule has 2 bridgehead atoms. The Morgan fingerprint density at radius 1 is 1.06 bits per heavy atom. The Balaban J connectivity index is 1.36. The number of benzene rings is 1. The van der Waals surface area contributed by atoms with Gasteiger partial charge in [-0.1, -0.05) is 18.2 Å². The lowest BCUT2D eigenvalue weighted by Crippen LogP contribution is -2.59. The molecule has 2 aliphatic carbocycles. The Labute approximate surface area is 186 Å². The van der Waals surface area contributed by atoms with E-state index in [0.29, 0.717) is 19.1 Å². The summed E-state index contributed by atoms with van der Waals surface area (Å²) in [5, 5.41) is 0. The van der Waals surface area contributed by atoms with Crippen LogP contribution in [0.4, 0.5) is 0 Å². The standard InChI is InChI=1S/C24H36N2O4S/c1-24(12-13-24)31(27,28)25-21-6-4-14-26-15-16-29-23-7-3-2-5-20(23)18-8-10-19(11-9-18)30-17-22(21)26/h2-3,5,7,18-19,21-22,25H,4,6,8-17H2,1H3/t18-,19+,21-,22-/m0/s1. The zero-order valence-corrected chi connectivity index (χ0v) is 19.4. The van der Waals surface area contributed by atoms with Crippen molar-refractivity contribution in [3.05, 3.63) is 29.8 Å². The Hall–Kier alpha value is -1.15. The summed E-state index contributed by atoms with van der Waals surface area (Å²) in [4.78, 5) is 2.39. The van der Waals surface area contributed by atoms with Gasteiger partial charge in [0.05, 0.1) is 17.5 Å². The average molecular weight is 449 g/mol. The van der Waals surface area contributed by atoms with Crippen LogP contribution in [0.1, 0.15) is 69.8 Å². The van der Waals surface area contributed by atoms with Gasteiger partial charge in [-0.2, -0.15) is 0 Å². The van der Waals surface area contributed by atoms with E-state index < -0.39 is 14.8 Å². The minimum absolute atomic E-state index is 0.0585. The summed E-state index contributed by atoms with van der Waals surface area (Å²) < 4.78 is 41.1. The van der Waals surface area contributed by atoms with Crippen LogP contribution in [0.5, 0.6) is 5.75 Å². The molecule has 3 heterocycles. The molecule has 0 radical (unpaired) electrons. The summed E-state index contributed by atoms with van der Waals surface area (Å²) >= 11 is 0. The number of hydrogen-bond donors (Lipinski definition) is 1. The van der Waals surface area contributed by atoms with Gasteiger partial charge in [-0.3, -0.25) is 4.90 Å². The van der Waals surface area contributed by atoms with Gasteiger partial charge in [0.15, 0.2) is 0 Å². The van der Waals surface area contributed by atoms with Crippen LogP contribution in [0.15, 0.2) is 24.3 Å². The van der Waals surface area contributed by atoms with Gasteiger partial charge < -0.3 is 9.47 Å². The molecule has 0 amide bonds. The van der Waals surface area contributed by atoms with E-state index in [0.717, 1.165) is 70.2 Å². The van der Waals surface area contributed by atoms with Gasteiger partial charge in [0, 0.05) is 18.6 Å². The SMILES string of the molecule is CC1(S(=O)(=O)N[C@H]2CCCN3CCOc4ccccc4[C@H]4CC[C@H](CC4)OC[C@@H]23)CC1. The van der Waals surface area contributed by atoms with Gasteiger partial charge in [-0.25, -0.2) is 13.1 Å². The molecule has 0 unspecified atom stereocenters. The molecule has 0 aromatic heterocycles. The molecule has 31 heavy (non-hydrogen) atoms.